The van der Waals surface area contributed by atoms with Crippen molar-refractivity contribution in [2.45, 2.75) is 10.8 Å². The first kappa shape index (κ1) is 15.3. The highest BCUT2D eigenvalue weighted by Crippen LogP contribution is 2.25. The van der Waals surface area contributed by atoms with Crippen molar-refractivity contribution in [2.75, 3.05) is 6.26 Å². The van der Waals surface area contributed by atoms with Gasteiger partial charge in [0.15, 0.2) is 11.7 Å². The molecule has 1 heterocycles. The predicted octanol–water partition coefficient (Wildman–Crippen LogP) is 3.91. The van der Waals surface area contributed by atoms with Gasteiger partial charge in [0, 0.05) is 10.5 Å². The summed E-state index contributed by atoms with van der Waals surface area (Å²) in [6.45, 7) is 0. The van der Waals surface area contributed by atoms with Crippen molar-refractivity contribution in [3.63, 3.8) is 0 Å². The smallest absolute Gasteiger partial charge is 0.187 e. The molecule has 1 atom stereocenters. The van der Waals surface area contributed by atoms with Crippen molar-refractivity contribution in [3.8, 4) is 6.07 Å². The van der Waals surface area contributed by atoms with Crippen molar-refractivity contribution in [2.24, 2.45) is 0 Å². The molecule has 0 bridgehead atoms. The number of halogens is 1. The number of carbonyl (C=O) groups is 1. The fourth-order valence-corrected chi connectivity index (χ4v) is 2.84. The monoisotopic (exact) mass is 325 g/mol. The number of aromatic amines is 1. The van der Waals surface area contributed by atoms with E-state index < -0.39 is 11.7 Å². The summed E-state index contributed by atoms with van der Waals surface area (Å²) in [5.41, 5.74) is 1.75. The number of carbonyl (C=O) groups excluding carboxylic acids is 1. The second-order valence-corrected chi connectivity index (χ2v) is 5.76. The molecule has 0 aliphatic rings. The number of ketones is 1. The highest BCUT2D eigenvalue weighted by Gasteiger charge is 2.25. The van der Waals surface area contributed by atoms with Gasteiger partial charge in [0.05, 0.1) is 17.1 Å². The third-order valence-electron chi connectivity index (χ3n) is 3.51. The SMILES string of the molecule is CSc1cc(C(=O)C(C#N)c2nc3ccccc3[nH]2)ccc1F. The lowest BCUT2D eigenvalue weighted by atomic mass is 9.98. The molecule has 6 heteroatoms. The van der Waals surface area contributed by atoms with E-state index in [4.69, 9.17) is 0 Å². The van der Waals surface area contributed by atoms with Gasteiger partial charge >= 0.3 is 0 Å². The number of rotatable bonds is 4. The minimum Gasteiger partial charge on any atom is -0.340 e. The number of hydrogen-bond donors (Lipinski definition) is 1. The molecule has 3 rings (SSSR count). The number of fused-ring (bicyclic) bond motifs is 1. The number of H-pyrrole nitrogens is 1. The van der Waals surface area contributed by atoms with Crippen LogP contribution in [-0.2, 0) is 0 Å². The molecule has 0 fully saturated rings. The number of imidazole rings is 1. The van der Waals surface area contributed by atoms with E-state index in [1.54, 1.807) is 12.3 Å². The zero-order valence-corrected chi connectivity index (χ0v) is 13.0. The first-order valence-electron chi connectivity index (χ1n) is 6.86. The number of hydrogen-bond acceptors (Lipinski definition) is 4. The summed E-state index contributed by atoms with van der Waals surface area (Å²) >= 11 is 1.21. The molecule has 0 saturated heterocycles. The van der Waals surface area contributed by atoms with Crippen molar-refractivity contribution < 1.29 is 9.18 Å². The molecule has 1 unspecified atom stereocenters. The zero-order valence-electron chi connectivity index (χ0n) is 12.2. The first-order chi connectivity index (χ1) is 11.1. The fraction of sp³-hybridized carbons (Fsp3) is 0.118. The molecule has 0 amide bonds. The predicted molar refractivity (Wildman–Crippen MR) is 87.0 cm³/mol. The Bertz CT molecular complexity index is 896. The summed E-state index contributed by atoms with van der Waals surface area (Å²) in [4.78, 5) is 20.3. The second-order valence-electron chi connectivity index (χ2n) is 4.91. The van der Waals surface area contributed by atoms with Gasteiger partial charge in [-0.05, 0) is 36.6 Å². The average Bonchev–Trinajstić information content (AvgIpc) is 2.99. The van der Waals surface area contributed by atoms with Gasteiger partial charge in [-0.3, -0.25) is 4.79 Å². The molecule has 0 spiro atoms. The van der Waals surface area contributed by atoms with Gasteiger partial charge in [-0.15, -0.1) is 11.8 Å². The Morgan fingerprint density at radius 3 is 2.83 bits per heavy atom. The van der Waals surface area contributed by atoms with Gasteiger partial charge in [-0.25, -0.2) is 9.37 Å². The van der Waals surface area contributed by atoms with Crippen LogP contribution in [0.25, 0.3) is 11.0 Å². The van der Waals surface area contributed by atoms with E-state index in [1.807, 2.05) is 24.3 Å². The molecule has 4 nitrogen and oxygen atoms in total. The number of benzene rings is 2. The number of para-hydroxylation sites is 2. The molecule has 114 valence electrons. The maximum atomic E-state index is 13.6. The van der Waals surface area contributed by atoms with Crippen LogP contribution in [0.2, 0.25) is 0 Å². The summed E-state index contributed by atoms with van der Waals surface area (Å²) in [6, 6.07) is 13.4. The maximum absolute atomic E-state index is 13.6. The second kappa shape index (κ2) is 6.23. The fourth-order valence-electron chi connectivity index (χ4n) is 2.33. The molecule has 3 aromatic rings. The molecule has 0 aliphatic heterocycles. The topological polar surface area (TPSA) is 69.5 Å². The van der Waals surface area contributed by atoms with E-state index in [2.05, 4.69) is 9.97 Å². The first-order valence-corrected chi connectivity index (χ1v) is 8.08. The number of Topliss-reactive ketones (excluding diaryl/α,β-unsaturated/α-hetero) is 1. The Morgan fingerprint density at radius 1 is 1.35 bits per heavy atom. The van der Waals surface area contributed by atoms with Crippen molar-refractivity contribution in [1.29, 1.82) is 5.26 Å². The maximum Gasteiger partial charge on any atom is 0.187 e. The highest BCUT2D eigenvalue weighted by molar-refractivity contribution is 7.98. The average molecular weight is 325 g/mol. The largest absolute Gasteiger partial charge is 0.340 e. The van der Waals surface area contributed by atoms with E-state index in [9.17, 15) is 14.4 Å². The Hall–Kier alpha value is -2.65. The summed E-state index contributed by atoms with van der Waals surface area (Å²) in [5, 5.41) is 9.41. The lowest BCUT2D eigenvalue weighted by Gasteiger charge is -2.07. The summed E-state index contributed by atoms with van der Waals surface area (Å²) in [6.07, 6.45) is 1.73. The Kier molecular flexibility index (Phi) is 4.13. The standard InChI is InChI=1S/C17H12FN3OS/c1-23-15-8-10(6-7-12(15)18)16(22)11(9-19)17-20-13-4-2-3-5-14(13)21-17/h2-8,11H,1H3,(H,20,21). The molecule has 0 saturated carbocycles. The van der Waals surface area contributed by atoms with Gasteiger partial charge in [0.1, 0.15) is 11.6 Å². The number of nitriles is 1. The third-order valence-corrected chi connectivity index (χ3v) is 4.26. The Labute approximate surface area is 136 Å². The zero-order chi connectivity index (χ0) is 16.4. The van der Waals surface area contributed by atoms with Crippen molar-refractivity contribution in [1.82, 2.24) is 9.97 Å². The minimum absolute atomic E-state index is 0.294. The number of aromatic nitrogens is 2. The molecule has 2 aromatic carbocycles. The number of nitrogens with zero attached hydrogens (tertiary/aromatic N) is 2. The van der Waals surface area contributed by atoms with E-state index in [-0.39, 0.29) is 5.82 Å². The Morgan fingerprint density at radius 2 is 2.13 bits per heavy atom. The van der Waals surface area contributed by atoms with Crippen LogP contribution in [-0.4, -0.2) is 22.0 Å². The lowest BCUT2D eigenvalue weighted by Crippen LogP contribution is -2.13. The van der Waals surface area contributed by atoms with Crippen molar-refractivity contribution in [3.05, 3.63) is 59.7 Å². The molecule has 0 aliphatic carbocycles. The molecular weight excluding hydrogens is 313 g/mol. The quantitative estimate of drug-likeness (QED) is 0.583. The van der Waals surface area contributed by atoms with Crippen LogP contribution in [0.5, 0.6) is 0 Å². The summed E-state index contributed by atoms with van der Waals surface area (Å²) in [5.74, 6) is -1.54. The van der Waals surface area contributed by atoms with Gasteiger partial charge in [-0.1, -0.05) is 12.1 Å². The number of thioether (sulfide) groups is 1. The van der Waals surface area contributed by atoms with E-state index in [0.717, 1.165) is 5.52 Å². The summed E-state index contributed by atoms with van der Waals surface area (Å²) in [7, 11) is 0. The van der Waals surface area contributed by atoms with Crippen LogP contribution in [0.15, 0.2) is 47.4 Å². The molecule has 1 N–H and O–H groups in total. The third kappa shape index (κ3) is 2.83. The highest BCUT2D eigenvalue weighted by atomic mass is 32.2. The van der Waals surface area contributed by atoms with Crippen LogP contribution < -0.4 is 0 Å². The molecule has 0 radical (unpaired) electrons. The van der Waals surface area contributed by atoms with Gasteiger partial charge in [0.25, 0.3) is 0 Å². The lowest BCUT2D eigenvalue weighted by molar-refractivity contribution is 0.0976. The normalized spacial score (nSPS) is 12.0. The number of nitrogens with one attached hydrogen (secondary N) is 1. The van der Waals surface area contributed by atoms with E-state index in [0.29, 0.717) is 21.8 Å². The molecular formula is C17H12FN3OS. The van der Waals surface area contributed by atoms with Crippen LogP contribution in [0.1, 0.15) is 22.1 Å². The van der Waals surface area contributed by atoms with Crippen molar-refractivity contribution >= 4 is 28.6 Å². The van der Waals surface area contributed by atoms with Gasteiger partial charge < -0.3 is 4.98 Å². The van der Waals surface area contributed by atoms with Gasteiger partial charge in [0.2, 0.25) is 0 Å². The van der Waals surface area contributed by atoms with Crippen LogP contribution in [0.3, 0.4) is 0 Å². The molecule has 23 heavy (non-hydrogen) atoms. The van der Waals surface area contributed by atoms with Crippen LogP contribution >= 0.6 is 11.8 Å². The van der Waals surface area contributed by atoms with Gasteiger partial charge in [-0.2, -0.15) is 5.26 Å². The van der Waals surface area contributed by atoms with Crippen LogP contribution in [0.4, 0.5) is 4.39 Å². The minimum atomic E-state index is -1.05. The molecule has 1 aromatic heterocycles. The Balaban J connectivity index is 2.00. The van der Waals surface area contributed by atoms with Crippen LogP contribution in [0, 0.1) is 17.1 Å². The van der Waals surface area contributed by atoms with E-state index in [1.165, 1.54) is 30.0 Å². The van der Waals surface area contributed by atoms with E-state index >= 15 is 0 Å². The summed E-state index contributed by atoms with van der Waals surface area (Å²) < 4.78 is 13.6.